The molecule has 0 unspecified atom stereocenters. The van der Waals surface area contributed by atoms with Crippen molar-refractivity contribution in [3.63, 3.8) is 0 Å². The number of aryl methyl sites for hydroxylation is 2. The summed E-state index contributed by atoms with van der Waals surface area (Å²) in [5.41, 5.74) is 13.6. The predicted octanol–water partition coefficient (Wildman–Crippen LogP) is 11.4. The zero-order valence-corrected chi connectivity index (χ0v) is 28.5. The first-order valence-electron chi connectivity index (χ1n) is 16.8. The van der Waals surface area contributed by atoms with E-state index < -0.39 is 0 Å². The fraction of sp³-hybridized carbons (Fsp3) is 0.149. The standard InChI is InChI=1S/C47H44/c1-7-35(6)43(38-27-23-33(4)24-28-38)47-45(39-29-25-34(5)26-30-39)42-21-15-14-20-41(42)44(37-18-12-9-13-19-37)46(47)40(31-22-32(2)3)36-16-10-8-11-17-36/h7-32H,1-6H3/b31-22+,35-7+,46-40+,47-43+. The van der Waals surface area contributed by atoms with Crippen LogP contribution in [0.2, 0.25) is 0 Å². The Morgan fingerprint density at radius 3 is 1.57 bits per heavy atom. The van der Waals surface area contributed by atoms with Crippen molar-refractivity contribution in [3.8, 4) is 22.3 Å². The van der Waals surface area contributed by atoms with E-state index in [1.165, 1.54) is 82.4 Å². The molecule has 0 atom stereocenters. The van der Waals surface area contributed by atoms with Crippen LogP contribution in [0.5, 0.6) is 0 Å². The molecular weight excluding hydrogens is 565 g/mol. The lowest BCUT2D eigenvalue weighted by Crippen LogP contribution is -2.35. The number of benzene rings is 6. The quantitative estimate of drug-likeness (QED) is 0.169. The topological polar surface area (TPSA) is 0 Å². The fourth-order valence-corrected chi connectivity index (χ4v) is 6.55. The van der Waals surface area contributed by atoms with Gasteiger partial charge in [-0.2, -0.15) is 0 Å². The number of hydrogen-bond donors (Lipinski definition) is 0. The van der Waals surface area contributed by atoms with Crippen molar-refractivity contribution in [2.24, 2.45) is 5.92 Å². The molecule has 0 aliphatic carbocycles. The van der Waals surface area contributed by atoms with Gasteiger partial charge in [-0.1, -0.05) is 177 Å². The maximum absolute atomic E-state index is 2.37. The largest absolute Gasteiger partial charge is 0.0841 e. The minimum atomic E-state index is 0.396. The summed E-state index contributed by atoms with van der Waals surface area (Å²) in [6, 6.07) is 49.1. The van der Waals surface area contributed by atoms with Gasteiger partial charge >= 0.3 is 0 Å². The van der Waals surface area contributed by atoms with E-state index in [1.807, 2.05) is 0 Å². The van der Waals surface area contributed by atoms with Crippen LogP contribution in [0, 0.1) is 19.8 Å². The zero-order valence-electron chi connectivity index (χ0n) is 28.5. The number of hydrogen-bond acceptors (Lipinski definition) is 0. The predicted molar refractivity (Wildman–Crippen MR) is 205 cm³/mol. The van der Waals surface area contributed by atoms with Crippen LogP contribution in [-0.2, 0) is 0 Å². The van der Waals surface area contributed by atoms with Gasteiger partial charge in [-0.05, 0) is 105 Å². The third-order valence-corrected chi connectivity index (χ3v) is 9.04. The van der Waals surface area contributed by atoms with Gasteiger partial charge in [0.25, 0.3) is 0 Å². The van der Waals surface area contributed by atoms with E-state index in [4.69, 9.17) is 0 Å². The first-order chi connectivity index (χ1) is 22.9. The molecule has 0 bridgehead atoms. The van der Waals surface area contributed by atoms with E-state index in [1.54, 1.807) is 0 Å². The first-order valence-corrected chi connectivity index (χ1v) is 16.8. The number of rotatable bonds is 7. The molecule has 0 saturated carbocycles. The van der Waals surface area contributed by atoms with Gasteiger partial charge in [0.1, 0.15) is 0 Å². The molecule has 6 aromatic carbocycles. The van der Waals surface area contributed by atoms with Gasteiger partial charge in [0.05, 0.1) is 0 Å². The van der Waals surface area contributed by atoms with Gasteiger partial charge in [0.15, 0.2) is 0 Å². The molecule has 0 nitrogen and oxygen atoms in total. The van der Waals surface area contributed by atoms with Gasteiger partial charge in [0, 0.05) is 0 Å². The molecule has 0 N–H and O–H groups in total. The SMILES string of the molecule is C/C=C(C)/C(c1ccc(C)cc1)=c1/c(-c2ccc(C)cc2)c2ccccc2c(-c2ccccc2)/c1=C(/C=C/C(C)C)c1ccccc1. The molecule has 0 saturated heterocycles. The summed E-state index contributed by atoms with van der Waals surface area (Å²) in [6.07, 6.45) is 6.98. The lowest BCUT2D eigenvalue weighted by molar-refractivity contribution is 0.832. The van der Waals surface area contributed by atoms with Crippen LogP contribution in [0.25, 0.3) is 44.2 Å². The van der Waals surface area contributed by atoms with Crippen molar-refractivity contribution in [3.05, 3.63) is 190 Å². The Balaban J connectivity index is 2.09. The zero-order chi connectivity index (χ0) is 32.9. The van der Waals surface area contributed by atoms with Crippen molar-refractivity contribution >= 4 is 21.9 Å². The highest BCUT2D eigenvalue weighted by atomic mass is 14.2. The van der Waals surface area contributed by atoms with Gasteiger partial charge < -0.3 is 0 Å². The average molecular weight is 609 g/mol. The van der Waals surface area contributed by atoms with Crippen LogP contribution in [-0.4, -0.2) is 0 Å². The monoisotopic (exact) mass is 608 g/mol. The van der Waals surface area contributed by atoms with E-state index in [0.717, 1.165) is 0 Å². The molecule has 0 aliphatic heterocycles. The van der Waals surface area contributed by atoms with Crippen LogP contribution in [0.3, 0.4) is 0 Å². The van der Waals surface area contributed by atoms with E-state index in [-0.39, 0.29) is 0 Å². The summed E-state index contributed by atoms with van der Waals surface area (Å²) in [7, 11) is 0. The minimum absolute atomic E-state index is 0.396. The molecule has 0 spiro atoms. The fourth-order valence-electron chi connectivity index (χ4n) is 6.55. The molecule has 0 heterocycles. The summed E-state index contributed by atoms with van der Waals surface area (Å²) in [4.78, 5) is 0. The van der Waals surface area contributed by atoms with Gasteiger partial charge in [-0.3, -0.25) is 0 Å². The lowest BCUT2D eigenvalue weighted by atomic mass is 9.82. The van der Waals surface area contributed by atoms with Crippen molar-refractivity contribution < 1.29 is 0 Å². The number of fused-ring (bicyclic) bond motifs is 1. The molecular formula is C47H44. The van der Waals surface area contributed by atoms with Crippen LogP contribution in [0.4, 0.5) is 0 Å². The smallest absolute Gasteiger partial charge is 0.000531 e. The summed E-state index contributed by atoms with van der Waals surface area (Å²) >= 11 is 0. The normalized spacial score (nSPS) is 13.4. The highest BCUT2D eigenvalue weighted by molar-refractivity contribution is 6.08. The molecule has 0 aromatic heterocycles. The molecule has 0 fully saturated rings. The van der Waals surface area contributed by atoms with E-state index in [9.17, 15) is 0 Å². The third-order valence-electron chi connectivity index (χ3n) is 9.04. The van der Waals surface area contributed by atoms with Crippen molar-refractivity contribution in [1.29, 1.82) is 0 Å². The molecule has 0 aliphatic rings. The second-order valence-corrected chi connectivity index (χ2v) is 12.9. The second-order valence-electron chi connectivity index (χ2n) is 12.9. The highest BCUT2D eigenvalue weighted by Crippen LogP contribution is 2.34. The Bertz CT molecular complexity index is 2190. The molecule has 0 heteroatoms. The van der Waals surface area contributed by atoms with Crippen molar-refractivity contribution in [2.75, 3.05) is 0 Å². The second kappa shape index (κ2) is 14.1. The van der Waals surface area contributed by atoms with Crippen LogP contribution < -0.4 is 10.4 Å². The molecule has 6 rings (SSSR count). The Morgan fingerprint density at radius 2 is 1.02 bits per heavy atom. The van der Waals surface area contributed by atoms with Crippen molar-refractivity contribution in [1.82, 2.24) is 0 Å². The van der Waals surface area contributed by atoms with Crippen LogP contribution in [0.15, 0.2) is 157 Å². The molecule has 0 radical (unpaired) electrons. The minimum Gasteiger partial charge on any atom is -0.0841 e. The number of allylic oxidation sites excluding steroid dienone is 4. The lowest BCUT2D eigenvalue weighted by Gasteiger charge is -2.21. The summed E-state index contributed by atoms with van der Waals surface area (Å²) < 4.78 is 0. The van der Waals surface area contributed by atoms with Gasteiger partial charge in [0.2, 0.25) is 0 Å². The maximum atomic E-state index is 2.37. The van der Waals surface area contributed by atoms with Crippen molar-refractivity contribution in [2.45, 2.75) is 41.5 Å². The Kier molecular flexibility index (Phi) is 9.50. The highest BCUT2D eigenvalue weighted by Gasteiger charge is 2.20. The van der Waals surface area contributed by atoms with Crippen LogP contribution >= 0.6 is 0 Å². The Hall–Kier alpha value is -5.20. The first kappa shape index (κ1) is 31.8. The summed E-state index contributed by atoms with van der Waals surface area (Å²) in [6.45, 7) is 13.3. The Labute approximate surface area is 280 Å². The molecule has 0 amide bonds. The summed E-state index contributed by atoms with van der Waals surface area (Å²) in [5, 5.41) is 5.02. The molecule has 6 aromatic rings. The Morgan fingerprint density at radius 1 is 0.532 bits per heavy atom. The summed E-state index contributed by atoms with van der Waals surface area (Å²) in [5.74, 6) is 0.396. The molecule has 47 heavy (non-hydrogen) atoms. The van der Waals surface area contributed by atoms with E-state index in [0.29, 0.717) is 5.92 Å². The maximum Gasteiger partial charge on any atom is -0.000531 e. The van der Waals surface area contributed by atoms with Crippen LogP contribution in [0.1, 0.15) is 49.9 Å². The third kappa shape index (κ3) is 6.56. The van der Waals surface area contributed by atoms with Gasteiger partial charge in [-0.15, -0.1) is 0 Å². The van der Waals surface area contributed by atoms with E-state index in [2.05, 4.69) is 193 Å². The van der Waals surface area contributed by atoms with Gasteiger partial charge in [-0.25, -0.2) is 0 Å². The average Bonchev–Trinajstić information content (AvgIpc) is 3.10. The van der Waals surface area contributed by atoms with E-state index >= 15 is 0 Å². The molecule has 232 valence electrons.